The zero-order chi connectivity index (χ0) is 21.0. The molecule has 0 unspecified atom stereocenters. The highest BCUT2D eigenvalue weighted by Crippen LogP contribution is 2.27. The molecule has 6 N–H and O–H groups in total. The summed E-state index contributed by atoms with van der Waals surface area (Å²) in [5.41, 5.74) is 13.6. The zero-order valence-electron chi connectivity index (χ0n) is 15.7. The second-order valence-corrected chi connectivity index (χ2v) is 6.27. The van der Waals surface area contributed by atoms with Crippen molar-refractivity contribution >= 4 is 28.9 Å². The minimum atomic E-state index is -0.397. The largest absolute Gasteiger partial charge is 0.497 e. The Morgan fingerprint density at radius 2 is 1.48 bits per heavy atom. The molecule has 0 aliphatic heterocycles. The Hall–Kier alpha value is -4.13. The normalized spacial score (nSPS) is 10.2. The molecule has 1 amide bonds. The molecule has 3 rings (SSSR count). The number of rotatable bonds is 6. The average molecular weight is 388 g/mol. The fourth-order valence-electron chi connectivity index (χ4n) is 2.78. The Labute approximate surface area is 167 Å². The number of anilines is 2. The molecule has 0 spiro atoms. The number of nitrogens with one attached hydrogen (secondary N) is 2. The van der Waals surface area contributed by atoms with Crippen LogP contribution in [-0.2, 0) is 0 Å². The van der Waals surface area contributed by atoms with Gasteiger partial charge in [0.1, 0.15) is 11.6 Å². The van der Waals surface area contributed by atoms with Crippen molar-refractivity contribution in [3.8, 4) is 5.75 Å². The quantitative estimate of drug-likeness (QED) is 0.223. The number of ketones is 1. The van der Waals surface area contributed by atoms with Crippen LogP contribution in [0.2, 0.25) is 0 Å². The highest BCUT2D eigenvalue weighted by molar-refractivity contribution is 6.17. The van der Waals surface area contributed by atoms with E-state index in [0.717, 1.165) is 0 Å². The van der Waals surface area contributed by atoms with Gasteiger partial charge < -0.3 is 21.5 Å². The summed E-state index contributed by atoms with van der Waals surface area (Å²) in [6, 6.07) is 17.8. The smallest absolute Gasteiger partial charge is 0.255 e. The number of nitrogens with two attached hydrogens (primary N) is 2. The van der Waals surface area contributed by atoms with Crippen LogP contribution in [0.15, 0.2) is 66.7 Å². The molecule has 0 aliphatic carbocycles. The summed E-state index contributed by atoms with van der Waals surface area (Å²) in [6.45, 7) is 0. The molecule has 0 saturated carbocycles. The molecular formula is C22H20N4O3. The summed E-state index contributed by atoms with van der Waals surface area (Å²) in [5, 5.41) is 10.2. The lowest BCUT2D eigenvalue weighted by molar-refractivity contribution is 0.102. The summed E-state index contributed by atoms with van der Waals surface area (Å²) in [4.78, 5) is 25.6. The van der Waals surface area contributed by atoms with Crippen molar-refractivity contribution in [2.24, 2.45) is 5.73 Å². The average Bonchev–Trinajstić information content (AvgIpc) is 2.74. The molecule has 0 bridgehead atoms. The maximum absolute atomic E-state index is 13.0. The first-order valence-electron chi connectivity index (χ1n) is 8.73. The molecular weight excluding hydrogens is 368 g/mol. The van der Waals surface area contributed by atoms with Gasteiger partial charge in [0, 0.05) is 22.3 Å². The molecule has 0 saturated heterocycles. The first kappa shape index (κ1) is 19.6. The topological polar surface area (TPSA) is 131 Å². The SMILES string of the molecule is COc1ccc(C(=O)Nc2c(N)cccc2C(=O)c2ccc(C(=N)N)cc2)cc1. The maximum atomic E-state index is 13.0. The van der Waals surface area contributed by atoms with E-state index in [1.54, 1.807) is 73.8 Å². The molecule has 0 fully saturated rings. The Kier molecular flexibility index (Phi) is 5.59. The Balaban J connectivity index is 1.91. The first-order valence-corrected chi connectivity index (χ1v) is 8.73. The summed E-state index contributed by atoms with van der Waals surface area (Å²) < 4.78 is 5.09. The van der Waals surface area contributed by atoms with Crippen molar-refractivity contribution in [3.63, 3.8) is 0 Å². The second kappa shape index (κ2) is 8.26. The number of methoxy groups -OCH3 is 1. The molecule has 0 aromatic heterocycles. The molecule has 0 radical (unpaired) electrons. The van der Waals surface area contributed by atoms with Crippen molar-refractivity contribution < 1.29 is 14.3 Å². The molecule has 0 aliphatic rings. The van der Waals surface area contributed by atoms with E-state index >= 15 is 0 Å². The van der Waals surface area contributed by atoms with E-state index in [9.17, 15) is 9.59 Å². The highest BCUT2D eigenvalue weighted by atomic mass is 16.5. The van der Waals surface area contributed by atoms with E-state index in [1.807, 2.05) is 0 Å². The van der Waals surface area contributed by atoms with Crippen LogP contribution in [0, 0.1) is 5.41 Å². The van der Waals surface area contributed by atoms with Gasteiger partial charge in [-0.1, -0.05) is 30.3 Å². The molecule has 3 aromatic carbocycles. The minimum absolute atomic E-state index is 0.0830. The third-order valence-corrected chi connectivity index (χ3v) is 4.39. The summed E-state index contributed by atoms with van der Waals surface area (Å²) in [6.07, 6.45) is 0. The van der Waals surface area contributed by atoms with Gasteiger partial charge in [-0.15, -0.1) is 0 Å². The van der Waals surface area contributed by atoms with Gasteiger partial charge in [-0.25, -0.2) is 0 Å². The standard InChI is InChI=1S/C22H20N4O3/c1-29-16-11-9-15(10-12-16)22(28)26-19-17(3-2-4-18(19)23)20(27)13-5-7-14(8-6-13)21(24)25/h2-12H,23H2,1H3,(H3,24,25)(H,26,28). The lowest BCUT2D eigenvalue weighted by Crippen LogP contribution is -2.17. The Morgan fingerprint density at radius 1 is 0.897 bits per heavy atom. The van der Waals surface area contributed by atoms with E-state index in [2.05, 4.69) is 5.32 Å². The maximum Gasteiger partial charge on any atom is 0.255 e. The Morgan fingerprint density at radius 3 is 2.07 bits per heavy atom. The van der Waals surface area contributed by atoms with Gasteiger partial charge >= 0.3 is 0 Å². The van der Waals surface area contributed by atoms with Crippen molar-refractivity contribution in [2.75, 3.05) is 18.2 Å². The number of ether oxygens (including phenoxy) is 1. The van der Waals surface area contributed by atoms with Crippen molar-refractivity contribution in [3.05, 3.63) is 89.0 Å². The fraction of sp³-hybridized carbons (Fsp3) is 0.0455. The van der Waals surface area contributed by atoms with E-state index < -0.39 is 5.91 Å². The fourth-order valence-corrected chi connectivity index (χ4v) is 2.78. The lowest BCUT2D eigenvalue weighted by atomic mass is 9.99. The van der Waals surface area contributed by atoms with Gasteiger partial charge in [0.25, 0.3) is 5.91 Å². The third kappa shape index (κ3) is 4.24. The van der Waals surface area contributed by atoms with E-state index in [1.165, 1.54) is 0 Å². The van der Waals surface area contributed by atoms with Crippen molar-refractivity contribution in [1.82, 2.24) is 0 Å². The predicted octanol–water partition coefficient (Wildman–Crippen LogP) is 3.04. The second-order valence-electron chi connectivity index (χ2n) is 6.27. The van der Waals surface area contributed by atoms with Gasteiger partial charge in [-0.3, -0.25) is 15.0 Å². The number of para-hydroxylation sites is 1. The predicted molar refractivity (Wildman–Crippen MR) is 113 cm³/mol. The monoisotopic (exact) mass is 388 g/mol. The van der Waals surface area contributed by atoms with Crippen LogP contribution in [0.5, 0.6) is 5.75 Å². The number of amides is 1. The number of benzene rings is 3. The molecule has 3 aromatic rings. The molecule has 29 heavy (non-hydrogen) atoms. The van der Waals surface area contributed by atoms with E-state index in [-0.39, 0.29) is 28.6 Å². The first-order chi connectivity index (χ1) is 13.9. The van der Waals surface area contributed by atoms with E-state index in [0.29, 0.717) is 22.4 Å². The molecule has 0 atom stereocenters. The number of carbonyl (C=O) groups is 2. The summed E-state index contributed by atoms with van der Waals surface area (Å²) in [7, 11) is 1.54. The van der Waals surface area contributed by atoms with Gasteiger partial charge in [-0.05, 0) is 36.4 Å². The third-order valence-electron chi connectivity index (χ3n) is 4.39. The van der Waals surface area contributed by atoms with Crippen LogP contribution in [0.25, 0.3) is 0 Å². The number of carbonyl (C=O) groups excluding carboxylic acids is 2. The van der Waals surface area contributed by atoms with Crippen LogP contribution in [0.1, 0.15) is 31.8 Å². The molecule has 7 heteroatoms. The van der Waals surface area contributed by atoms with Gasteiger partial charge in [0.05, 0.1) is 18.5 Å². The van der Waals surface area contributed by atoms with Gasteiger partial charge in [0.2, 0.25) is 0 Å². The van der Waals surface area contributed by atoms with Crippen LogP contribution in [-0.4, -0.2) is 24.6 Å². The van der Waals surface area contributed by atoms with Gasteiger partial charge in [-0.2, -0.15) is 0 Å². The molecule has 146 valence electrons. The molecule has 7 nitrogen and oxygen atoms in total. The summed E-state index contributed by atoms with van der Waals surface area (Å²) >= 11 is 0. The number of amidine groups is 1. The number of hydrogen-bond donors (Lipinski definition) is 4. The minimum Gasteiger partial charge on any atom is -0.497 e. The van der Waals surface area contributed by atoms with Gasteiger partial charge in [0.15, 0.2) is 5.78 Å². The lowest BCUT2D eigenvalue weighted by Gasteiger charge is -2.13. The number of nitrogen functional groups attached to an aromatic ring is 2. The number of hydrogen-bond acceptors (Lipinski definition) is 5. The van der Waals surface area contributed by atoms with Crippen molar-refractivity contribution in [1.29, 1.82) is 5.41 Å². The van der Waals surface area contributed by atoms with Crippen LogP contribution < -0.4 is 21.5 Å². The van der Waals surface area contributed by atoms with E-state index in [4.69, 9.17) is 21.6 Å². The molecule has 0 heterocycles. The van der Waals surface area contributed by atoms with Crippen LogP contribution >= 0.6 is 0 Å². The summed E-state index contributed by atoms with van der Waals surface area (Å²) in [5.74, 6) is -0.157. The van der Waals surface area contributed by atoms with Crippen molar-refractivity contribution in [2.45, 2.75) is 0 Å². The highest BCUT2D eigenvalue weighted by Gasteiger charge is 2.18. The Bertz CT molecular complexity index is 1070. The van der Waals surface area contributed by atoms with Crippen LogP contribution in [0.4, 0.5) is 11.4 Å². The van der Waals surface area contributed by atoms with Crippen LogP contribution in [0.3, 0.4) is 0 Å². The zero-order valence-corrected chi connectivity index (χ0v) is 15.7.